The van der Waals surface area contributed by atoms with Crippen molar-refractivity contribution >= 4 is 25.4 Å². The second-order valence-corrected chi connectivity index (χ2v) is 14.3. The van der Waals surface area contributed by atoms with Gasteiger partial charge in [-0.15, -0.1) is 0 Å². The minimum absolute atomic E-state index is 0.157. The predicted molar refractivity (Wildman–Crippen MR) is 180 cm³/mol. The van der Waals surface area contributed by atoms with Crippen LogP contribution in [0.3, 0.4) is 0 Å². The lowest BCUT2D eigenvalue weighted by Gasteiger charge is -2.29. The van der Waals surface area contributed by atoms with E-state index in [4.69, 9.17) is 23.7 Å². The highest BCUT2D eigenvalue weighted by Crippen LogP contribution is 2.49. The summed E-state index contributed by atoms with van der Waals surface area (Å²) in [4.78, 5) is 17.3. The van der Waals surface area contributed by atoms with Crippen molar-refractivity contribution in [3.05, 3.63) is 77.4 Å². The molecule has 1 radical (unpaired) electrons. The summed E-state index contributed by atoms with van der Waals surface area (Å²) < 4.78 is 23.4. The van der Waals surface area contributed by atoms with E-state index in [0.29, 0.717) is 23.9 Å². The molecule has 0 aromatic heterocycles. The Labute approximate surface area is 266 Å². The summed E-state index contributed by atoms with van der Waals surface area (Å²) in [6.07, 6.45) is 9.84. The van der Waals surface area contributed by atoms with E-state index in [1.54, 1.807) is 14.2 Å². The Morgan fingerprint density at radius 3 is 1.68 bits per heavy atom. The van der Waals surface area contributed by atoms with E-state index in [9.17, 15) is 4.79 Å². The van der Waals surface area contributed by atoms with E-state index in [-0.39, 0.29) is 11.4 Å². The molecule has 44 heavy (non-hydrogen) atoms. The average molecular weight is 620 g/mol. The SMILES string of the molecule is COc1c(OO[Si](c2ccccc2)c2ccccc2)c(CCCCCCCCCCOC(C)=O)c(C)c(C(C)(C)C)c1OC. The molecular formula is C37H51O6Si. The molecule has 0 fully saturated rings. The number of methoxy groups -OCH3 is 2. The molecule has 0 aliphatic carbocycles. The van der Waals surface area contributed by atoms with E-state index < -0.39 is 9.04 Å². The van der Waals surface area contributed by atoms with Crippen molar-refractivity contribution in [2.75, 3.05) is 20.8 Å². The normalized spacial score (nSPS) is 11.5. The summed E-state index contributed by atoms with van der Waals surface area (Å²) in [6.45, 7) is 10.8. The highest BCUT2D eigenvalue weighted by atomic mass is 28.3. The monoisotopic (exact) mass is 619 g/mol. The van der Waals surface area contributed by atoms with Gasteiger partial charge in [0.2, 0.25) is 11.5 Å². The van der Waals surface area contributed by atoms with Crippen LogP contribution in [-0.4, -0.2) is 35.8 Å². The summed E-state index contributed by atoms with van der Waals surface area (Å²) in [7, 11) is 1.66. The molecule has 0 N–H and O–H groups in total. The van der Waals surface area contributed by atoms with Crippen LogP contribution in [0.4, 0.5) is 0 Å². The van der Waals surface area contributed by atoms with Crippen molar-refractivity contribution in [2.24, 2.45) is 0 Å². The van der Waals surface area contributed by atoms with Crippen LogP contribution in [0.5, 0.6) is 17.2 Å². The maximum Gasteiger partial charge on any atom is 0.347 e. The highest BCUT2D eigenvalue weighted by molar-refractivity contribution is 6.79. The van der Waals surface area contributed by atoms with E-state index in [2.05, 4.69) is 52.0 Å². The zero-order chi connectivity index (χ0) is 32.0. The minimum Gasteiger partial charge on any atom is -0.492 e. The van der Waals surface area contributed by atoms with Gasteiger partial charge >= 0.3 is 15.0 Å². The second-order valence-electron chi connectivity index (χ2n) is 12.3. The minimum atomic E-state index is -1.70. The van der Waals surface area contributed by atoms with Gasteiger partial charge in [-0.1, -0.05) is 120 Å². The van der Waals surface area contributed by atoms with Gasteiger partial charge in [-0.3, -0.25) is 4.79 Å². The Hall–Kier alpha value is -3.29. The largest absolute Gasteiger partial charge is 0.492 e. The number of carbonyl (C=O) groups is 1. The van der Waals surface area contributed by atoms with Gasteiger partial charge in [-0.2, -0.15) is 0 Å². The summed E-state index contributed by atoms with van der Waals surface area (Å²) in [5.74, 6) is 1.69. The van der Waals surface area contributed by atoms with E-state index in [1.807, 2.05) is 36.4 Å². The summed E-state index contributed by atoms with van der Waals surface area (Å²) in [5.41, 5.74) is 3.25. The van der Waals surface area contributed by atoms with Crippen molar-refractivity contribution in [1.82, 2.24) is 0 Å². The molecule has 0 heterocycles. The van der Waals surface area contributed by atoms with Crippen molar-refractivity contribution in [2.45, 2.75) is 97.8 Å². The van der Waals surface area contributed by atoms with Crippen LogP contribution in [0.2, 0.25) is 0 Å². The molecule has 3 rings (SSSR count). The first-order valence-corrected chi connectivity index (χ1v) is 17.3. The smallest absolute Gasteiger partial charge is 0.347 e. The summed E-state index contributed by atoms with van der Waals surface area (Å²) in [6, 6.07) is 20.5. The molecule has 0 atom stereocenters. The van der Waals surface area contributed by atoms with Gasteiger partial charge in [0.1, 0.15) is 0 Å². The number of rotatable bonds is 18. The zero-order valence-electron chi connectivity index (χ0n) is 27.8. The number of benzene rings is 3. The van der Waals surface area contributed by atoms with Gasteiger partial charge in [0.25, 0.3) is 0 Å². The molecule has 0 amide bonds. The quantitative estimate of drug-likeness (QED) is 0.0479. The Morgan fingerprint density at radius 2 is 1.20 bits per heavy atom. The molecule has 0 aliphatic heterocycles. The molecule has 0 unspecified atom stereocenters. The number of carbonyl (C=O) groups excluding carboxylic acids is 1. The van der Waals surface area contributed by atoms with Crippen molar-refractivity contribution in [3.8, 4) is 17.2 Å². The lowest BCUT2D eigenvalue weighted by Crippen LogP contribution is -2.45. The first-order chi connectivity index (χ1) is 21.2. The van der Waals surface area contributed by atoms with Gasteiger partial charge in [0, 0.05) is 18.1 Å². The van der Waals surface area contributed by atoms with Gasteiger partial charge in [0.05, 0.1) is 20.8 Å². The van der Waals surface area contributed by atoms with Crippen LogP contribution in [0.25, 0.3) is 0 Å². The average Bonchev–Trinajstić information content (AvgIpc) is 3.00. The molecule has 0 aliphatic rings. The van der Waals surface area contributed by atoms with E-state index in [0.717, 1.165) is 59.2 Å². The first kappa shape index (κ1) is 35.2. The third kappa shape index (κ3) is 10.1. The molecule has 239 valence electrons. The third-order valence-corrected chi connectivity index (χ3v) is 9.77. The van der Waals surface area contributed by atoms with Crippen LogP contribution < -0.4 is 24.7 Å². The van der Waals surface area contributed by atoms with Gasteiger partial charge in [-0.05, 0) is 47.5 Å². The second kappa shape index (κ2) is 17.9. The fraction of sp³-hybridized carbons (Fsp3) is 0.486. The molecule has 6 nitrogen and oxygen atoms in total. The molecule has 0 saturated carbocycles. The fourth-order valence-electron chi connectivity index (χ4n) is 5.72. The molecule has 3 aromatic rings. The maximum absolute atomic E-state index is 10.9. The highest BCUT2D eigenvalue weighted by Gasteiger charge is 2.32. The topological polar surface area (TPSA) is 63.2 Å². The van der Waals surface area contributed by atoms with Crippen molar-refractivity contribution in [3.63, 3.8) is 0 Å². The molecule has 0 spiro atoms. The standard InChI is InChI=1S/C37H51O6Si/c1-28-32(26-20-12-10-8-9-11-13-21-27-41-29(2)38)34(36(40-7)35(39-6)33(28)37(3,4)5)42-43-44(30-22-16-14-17-23-30)31-24-18-15-19-25-31/h14-19,22-25H,8-13,20-21,26-27H2,1-7H3. The Bertz CT molecular complexity index is 1250. The molecular weight excluding hydrogens is 568 g/mol. The van der Waals surface area contributed by atoms with Crippen LogP contribution in [0.1, 0.15) is 95.8 Å². The summed E-state index contributed by atoms with van der Waals surface area (Å²) in [5, 5.41) is 2.20. The summed E-state index contributed by atoms with van der Waals surface area (Å²) >= 11 is 0. The first-order valence-electron chi connectivity index (χ1n) is 15.9. The molecule has 0 bridgehead atoms. The Kier molecular flexibility index (Phi) is 14.3. The van der Waals surface area contributed by atoms with E-state index in [1.165, 1.54) is 32.6 Å². The lowest BCUT2D eigenvalue weighted by molar-refractivity contribution is -0.141. The number of unbranched alkanes of at least 4 members (excludes halogenated alkanes) is 7. The van der Waals surface area contributed by atoms with Crippen molar-refractivity contribution in [1.29, 1.82) is 0 Å². The third-order valence-electron chi connectivity index (χ3n) is 7.81. The molecule has 3 aromatic carbocycles. The number of hydrogen-bond donors (Lipinski definition) is 0. The van der Waals surface area contributed by atoms with Crippen LogP contribution in [0, 0.1) is 6.92 Å². The predicted octanol–water partition coefficient (Wildman–Crippen LogP) is 7.65. The fourth-order valence-corrected chi connectivity index (χ4v) is 7.41. The zero-order valence-corrected chi connectivity index (χ0v) is 28.8. The lowest BCUT2D eigenvalue weighted by atomic mass is 9.80. The number of ether oxygens (including phenoxy) is 3. The van der Waals surface area contributed by atoms with Crippen LogP contribution in [-0.2, 0) is 25.9 Å². The van der Waals surface area contributed by atoms with Gasteiger partial charge in [-0.25, -0.2) is 4.58 Å². The number of hydrogen-bond acceptors (Lipinski definition) is 6. The van der Waals surface area contributed by atoms with Crippen molar-refractivity contribution < 1.29 is 28.5 Å². The van der Waals surface area contributed by atoms with Gasteiger partial charge < -0.3 is 19.1 Å². The molecule has 0 saturated heterocycles. The number of esters is 1. The van der Waals surface area contributed by atoms with Crippen LogP contribution in [0.15, 0.2) is 60.7 Å². The van der Waals surface area contributed by atoms with Crippen LogP contribution >= 0.6 is 0 Å². The maximum atomic E-state index is 10.9. The van der Waals surface area contributed by atoms with Gasteiger partial charge in [0.15, 0.2) is 5.75 Å². The Balaban J connectivity index is 1.79. The van der Waals surface area contributed by atoms with E-state index >= 15 is 0 Å². The Morgan fingerprint density at radius 1 is 0.705 bits per heavy atom. The molecule has 7 heteroatoms.